The second-order valence-electron chi connectivity index (χ2n) is 5.38. The maximum absolute atomic E-state index is 11.7. The molecule has 0 bridgehead atoms. The van der Waals surface area contributed by atoms with Gasteiger partial charge in [0, 0.05) is 14.1 Å². The largest absolute Gasteiger partial charge is 0.459 e. The van der Waals surface area contributed by atoms with Crippen LogP contribution >= 0.6 is 0 Å². The summed E-state index contributed by atoms with van der Waals surface area (Å²) in [4.78, 5) is 24.6. The number of nitrogens with zero attached hydrogens (tertiary/aromatic N) is 1. The van der Waals surface area contributed by atoms with E-state index in [-0.39, 0.29) is 12.3 Å². The summed E-state index contributed by atoms with van der Waals surface area (Å²) in [6.07, 6.45) is -0.0606. The van der Waals surface area contributed by atoms with E-state index in [2.05, 4.69) is 0 Å². The van der Waals surface area contributed by atoms with Crippen molar-refractivity contribution in [3.05, 3.63) is 0 Å². The SMILES string of the molecule is CN(C)C(=O)CC(C)(N)C(=O)OC(C)(C)C. The Kier molecular flexibility index (Phi) is 4.49. The molecule has 0 spiro atoms. The first-order valence-corrected chi connectivity index (χ1v) is 5.18. The Morgan fingerprint density at radius 2 is 1.62 bits per heavy atom. The summed E-state index contributed by atoms with van der Waals surface area (Å²) in [6.45, 7) is 6.78. The second kappa shape index (κ2) is 4.82. The number of nitrogens with two attached hydrogens (primary N) is 1. The number of carbonyl (C=O) groups is 2. The minimum absolute atomic E-state index is 0.0606. The van der Waals surface area contributed by atoms with Crippen molar-refractivity contribution < 1.29 is 14.3 Å². The van der Waals surface area contributed by atoms with Gasteiger partial charge in [-0.15, -0.1) is 0 Å². The lowest BCUT2D eigenvalue weighted by molar-refractivity contribution is -0.162. The van der Waals surface area contributed by atoms with E-state index in [0.717, 1.165) is 0 Å². The van der Waals surface area contributed by atoms with E-state index in [1.54, 1.807) is 34.9 Å². The van der Waals surface area contributed by atoms with Crippen LogP contribution in [0.25, 0.3) is 0 Å². The predicted molar refractivity (Wildman–Crippen MR) is 61.7 cm³/mol. The maximum atomic E-state index is 11.7. The van der Waals surface area contributed by atoms with Gasteiger partial charge in [-0.3, -0.25) is 9.59 Å². The van der Waals surface area contributed by atoms with E-state index in [9.17, 15) is 9.59 Å². The topological polar surface area (TPSA) is 72.6 Å². The molecule has 94 valence electrons. The molecular formula is C11H22N2O3. The molecule has 2 N–H and O–H groups in total. The Labute approximate surface area is 96.9 Å². The molecular weight excluding hydrogens is 208 g/mol. The first kappa shape index (κ1) is 14.9. The fourth-order valence-electron chi connectivity index (χ4n) is 0.939. The minimum Gasteiger partial charge on any atom is -0.459 e. The van der Waals surface area contributed by atoms with Gasteiger partial charge in [-0.2, -0.15) is 0 Å². The highest BCUT2D eigenvalue weighted by Gasteiger charge is 2.35. The molecule has 0 radical (unpaired) electrons. The smallest absolute Gasteiger partial charge is 0.326 e. The molecule has 0 aromatic heterocycles. The maximum Gasteiger partial charge on any atom is 0.326 e. The van der Waals surface area contributed by atoms with Crippen LogP contribution in [0.1, 0.15) is 34.1 Å². The number of carbonyl (C=O) groups excluding carboxylic acids is 2. The van der Waals surface area contributed by atoms with E-state index in [0.29, 0.717) is 0 Å². The highest BCUT2D eigenvalue weighted by Crippen LogP contribution is 2.15. The van der Waals surface area contributed by atoms with Gasteiger partial charge in [0.15, 0.2) is 0 Å². The Hall–Kier alpha value is -1.10. The van der Waals surface area contributed by atoms with Crippen molar-refractivity contribution in [1.82, 2.24) is 4.90 Å². The third kappa shape index (κ3) is 5.11. The fourth-order valence-corrected chi connectivity index (χ4v) is 0.939. The van der Waals surface area contributed by atoms with Gasteiger partial charge in [-0.1, -0.05) is 0 Å². The third-order valence-corrected chi connectivity index (χ3v) is 1.88. The predicted octanol–water partition coefficient (Wildman–Crippen LogP) is 0.524. The van der Waals surface area contributed by atoms with Crippen molar-refractivity contribution in [2.45, 2.75) is 45.3 Å². The van der Waals surface area contributed by atoms with Gasteiger partial charge < -0.3 is 15.4 Å². The van der Waals surface area contributed by atoms with E-state index < -0.39 is 17.1 Å². The monoisotopic (exact) mass is 230 g/mol. The van der Waals surface area contributed by atoms with Crippen LogP contribution in [-0.2, 0) is 14.3 Å². The normalized spacial score (nSPS) is 15.2. The molecule has 0 aliphatic heterocycles. The van der Waals surface area contributed by atoms with Crippen LogP contribution < -0.4 is 5.73 Å². The van der Waals surface area contributed by atoms with Crippen molar-refractivity contribution in [3.63, 3.8) is 0 Å². The molecule has 0 heterocycles. The van der Waals surface area contributed by atoms with Crippen LogP contribution in [0.2, 0.25) is 0 Å². The minimum atomic E-state index is -1.28. The number of rotatable bonds is 3. The lowest BCUT2D eigenvalue weighted by Crippen LogP contribution is -2.51. The highest BCUT2D eigenvalue weighted by atomic mass is 16.6. The average Bonchev–Trinajstić information content (AvgIpc) is 1.99. The van der Waals surface area contributed by atoms with Crippen molar-refractivity contribution >= 4 is 11.9 Å². The van der Waals surface area contributed by atoms with E-state index >= 15 is 0 Å². The van der Waals surface area contributed by atoms with E-state index in [4.69, 9.17) is 10.5 Å². The lowest BCUT2D eigenvalue weighted by atomic mass is 9.98. The molecule has 1 amide bonds. The zero-order valence-electron chi connectivity index (χ0n) is 11.0. The fraction of sp³-hybridized carbons (Fsp3) is 0.818. The van der Waals surface area contributed by atoms with Gasteiger partial charge in [0.1, 0.15) is 11.1 Å². The van der Waals surface area contributed by atoms with Crippen LogP contribution in [-0.4, -0.2) is 42.0 Å². The average molecular weight is 230 g/mol. The summed E-state index contributed by atoms with van der Waals surface area (Å²) < 4.78 is 5.15. The van der Waals surface area contributed by atoms with Gasteiger partial charge in [0.2, 0.25) is 5.91 Å². The summed E-state index contributed by atoms with van der Waals surface area (Å²) in [7, 11) is 3.24. The zero-order valence-corrected chi connectivity index (χ0v) is 11.0. The first-order chi connectivity index (χ1) is 6.96. The molecule has 0 aromatic carbocycles. The molecule has 0 saturated heterocycles. The highest BCUT2D eigenvalue weighted by molar-refractivity contribution is 5.88. The molecule has 0 fully saturated rings. The first-order valence-electron chi connectivity index (χ1n) is 5.18. The van der Waals surface area contributed by atoms with Crippen LogP contribution in [0.4, 0.5) is 0 Å². The van der Waals surface area contributed by atoms with Crippen LogP contribution in [0.5, 0.6) is 0 Å². The molecule has 5 heteroatoms. The Bertz CT molecular complexity index is 277. The van der Waals surface area contributed by atoms with Crippen molar-refractivity contribution in [1.29, 1.82) is 0 Å². The summed E-state index contributed by atoms with van der Waals surface area (Å²) in [5.41, 5.74) is 3.90. The summed E-state index contributed by atoms with van der Waals surface area (Å²) in [6, 6.07) is 0. The van der Waals surface area contributed by atoms with Gasteiger partial charge >= 0.3 is 5.97 Å². The summed E-state index contributed by atoms with van der Waals surface area (Å²) in [5.74, 6) is -0.758. The molecule has 0 aliphatic carbocycles. The van der Waals surface area contributed by atoms with Crippen LogP contribution in [0.3, 0.4) is 0 Å². The molecule has 0 aromatic rings. The summed E-state index contributed by atoms with van der Waals surface area (Å²) >= 11 is 0. The molecule has 16 heavy (non-hydrogen) atoms. The van der Waals surface area contributed by atoms with Gasteiger partial charge in [-0.05, 0) is 27.7 Å². The van der Waals surface area contributed by atoms with E-state index in [1.165, 1.54) is 11.8 Å². The second-order valence-corrected chi connectivity index (χ2v) is 5.38. The zero-order chi connectivity index (χ0) is 13.1. The summed E-state index contributed by atoms with van der Waals surface area (Å²) in [5, 5.41) is 0. The molecule has 0 saturated carbocycles. The standard InChI is InChI=1S/C11H22N2O3/c1-10(2,3)16-9(15)11(4,12)7-8(14)13(5)6/h7,12H2,1-6H3. The number of hydrogen-bond donors (Lipinski definition) is 1. The number of hydrogen-bond acceptors (Lipinski definition) is 4. The Balaban J connectivity index is 4.55. The molecule has 1 unspecified atom stereocenters. The Morgan fingerprint density at radius 1 is 1.19 bits per heavy atom. The number of ether oxygens (including phenoxy) is 1. The van der Waals surface area contributed by atoms with Gasteiger partial charge in [0.25, 0.3) is 0 Å². The Morgan fingerprint density at radius 3 is 1.94 bits per heavy atom. The van der Waals surface area contributed by atoms with Gasteiger partial charge in [-0.25, -0.2) is 0 Å². The molecule has 0 rings (SSSR count). The van der Waals surface area contributed by atoms with Crippen LogP contribution in [0, 0.1) is 0 Å². The van der Waals surface area contributed by atoms with Crippen molar-refractivity contribution in [2.24, 2.45) is 5.73 Å². The van der Waals surface area contributed by atoms with Gasteiger partial charge in [0.05, 0.1) is 6.42 Å². The van der Waals surface area contributed by atoms with E-state index in [1.807, 2.05) is 0 Å². The number of esters is 1. The number of amides is 1. The van der Waals surface area contributed by atoms with Crippen LogP contribution in [0.15, 0.2) is 0 Å². The quantitative estimate of drug-likeness (QED) is 0.718. The van der Waals surface area contributed by atoms with Crippen molar-refractivity contribution in [3.8, 4) is 0 Å². The molecule has 0 aliphatic rings. The lowest BCUT2D eigenvalue weighted by Gasteiger charge is -2.28. The third-order valence-electron chi connectivity index (χ3n) is 1.88. The molecule has 5 nitrogen and oxygen atoms in total. The van der Waals surface area contributed by atoms with Crippen molar-refractivity contribution in [2.75, 3.05) is 14.1 Å². The molecule has 1 atom stereocenters.